The Morgan fingerprint density at radius 3 is 3.08 bits per heavy atom. The Morgan fingerprint density at radius 2 is 2.67 bits per heavy atom. The topological polar surface area (TPSA) is 84.6 Å². The third-order valence-electron chi connectivity index (χ3n) is 1.43. The van der Waals surface area contributed by atoms with Gasteiger partial charge in [0, 0.05) is 12.5 Å². The van der Waals surface area contributed by atoms with E-state index in [0.29, 0.717) is 6.42 Å². The second kappa shape index (κ2) is 2.96. The summed E-state index contributed by atoms with van der Waals surface area (Å²) in [5.41, 5.74) is 7.11. The largest absolute Gasteiger partial charge is 0.475 e. The molecule has 1 aliphatic rings. The predicted molar refractivity (Wildman–Crippen MR) is 41.7 cm³/mol. The summed E-state index contributed by atoms with van der Waals surface area (Å²) in [6, 6.07) is 0. The Labute approximate surface area is 69.5 Å². The molecule has 0 aromatic heterocycles. The van der Waals surface area contributed by atoms with Gasteiger partial charge in [0.1, 0.15) is 5.66 Å². The van der Waals surface area contributed by atoms with Gasteiger partial charge in [-0.2, -0.15) is 0 Å². The van der Waals surface area contributed by atoms with E-state index in [1.165, 1.54) is 6.08 Å². The molecule has 0 aromatic carbocycles. The van der Waals surface area contributed by atoms with Crippen LogP contribution < -0.4 is 11.2 Å². The lowest BCUT2D eigenvalue weighted by Gasteiger charge is -2.17. The van der Waals surface area contributed by atoms with Crippen LogP contribution in [-0.2, 0) is 9.63 Å². The maximum atomic E-state index is 10.4. The molecule has 1 atom stereocenters. The van der Waals surface area contributed by atoms with Gasteiger partial charge in [0.05, 0.1) is 0 Å². The number of hydrogen-bond acceptors (Lipinski definition) is 4. The van der Waals surface area contributed by atoms with E-state index < -0.39 is 11.6 Å². The number of hydrogen-bond donors (Lipinski definition) is 3. The van der Waals surface area contributed by atoms with E-state index >= 15 is 0 Å². The van der Waals surface area contributed by atoms with E-state index in [4.69, 9.17) is 10.8 Å². The highest BCUT2D eigenvalue weighted by atomic mass is 16.7. The highest BCUT2D eigenvalue weighted by molar-refractivity contribution is 5.84. The van der Waals surface area contributed by atoms with Gasteiger partial charge in [0.2, 0.25) is 5.76 Å². The Hall–Kier alpha value is -1.33. The molecule has 0 aliphatic carbocycles. The molecule has 0 spiro atoms. The molecule has 1 heterocycles. The fourth-order valence-electron chi connectivity index (χ4n) is 0.888. The fourth-order valence-corrected chi connectivity index (χ4v) is 0.888. The maximum Gasteiger partial charge on any atom is 0.373 e. The van der Waals surface area contributed by atoms with E-state index in [0.717, 1.165) is 0 Å². The van der Waals surface area contributed by atoms with Gasteiger partial charge < -0.3 is 15.7 Å². The average molecular weight is 170 g/mol. The van der Waals surface area contributed by atoms with Crippen molar-refractivity contribution in [1.29, 1.82) is 0 Å². The Kier molecular flexibility index (Phi) is 2.16. The number of carboxylic acids is 1. The molecule has 12 heavy (non-hydrogen) atoms. The minimum Gasteiger partial charge on any atom is -0.475 e. The Bertz CT molecular complexity index is 249. The van der Waals surface area contributed by atoms with Crippen LogP contribution >= 0.6 is 0 Å². The Morgan fingerprint density at radius 1 is 2.00 bits per heavy atom. The zero-order valence-electron chi connectivity index (χ0n) is 6.41. The zero-order valence-corrected chi connectivity index (χ0v) is 6.41. The highest BCUT2D eigenvalue weighted by Gasteiger charge is 2.31. The lowest BCUT2D eigenvalue weighted by Crippen LogP contribution is -2.47. The summed E-state index contributed by atoms with van der Waals surface area (Å²) in [5, 5.41) is 8.50. The number of carboxylic acid groups (broad SMARTS) is 1. The second-order valence-electron chi connectivity index (χ2n) is 2.55. The standard InChI is InChI=1S/C7H10N2O3/c1-2-3-7(8)4-5(6(10)11)12-9-7/h2,4,9H,1,3,8H2,(H,10,11). The smallest absolute Gasteiger partial charge is 0.373 e. The first-order valence-corrected chi connectivity index (χ1v) is 3.37. The van der Waals surface area contributed by atoms with Crippen LogP contribution in [0.4, 0.5) is 0 Å². The van der Waals surface area contributed by atoms with Crippen molar-refractivity contribution >= 4 is 5.97 Å². The number of aliphatic carboxylic acids is 1. The third-order valence-corrected chi connectivity index (χ3v) is 1.43. The summed E-state index contributed by atoms with van der Waals surface area (Å²) < 4.78 is 0. The van der Waals surface area contributed by atoms with Crippen LogP contribution in [0.15, 0.2) is 24.5 Å². The molecule has 5 heteroatoms. The van der Waals surface area contributed by atoms with Crippen molar-refractivity contribution in [2.75, 3.05) is 0 Å². The van der Waals surface area contributed by atoms with Gasteiger partial charge in [0.15, 0.2) is 0 Å². The molecule has 0 radical (unpaired) electrons. The van der Waals surface area contributed by atoms with Crippen molar-refractivity contribution in [2.45, 2.75) is 12.1 Å². The van der Waals surface area contributed by atoms with Crippen molar-refractivity contribution in [3.8, 4) is 0 Å². The monoisotopic (exact) mass is 170 g/mol. The molecule has 0 bridgehead atoms. The molecule has 66 valence electrons. The molecule has 0 saturated carbocycles. The van der Waals surface area contributed by atoms with Crippen molar-refractivity contribution in [3.63, 3.8) is 0 Å². The number of nitrogens with one attached hydrogen (secondary N) is 1. The van der Waals surface area contributed by atoms with Crippen molar-refractivity contribution < 1.29 is 14.7 Å². The van der Waals surface area contributed by atoms with Crippen molar-refractivity contribution in [1.82, 2.24) is 5.48 Å². The SMILES string of the molecule is C=CCC1(N)C=C(C(=O)O)ON1. The summed E-state index contributed by atoms with van der Waals surface area (Å²) in [7, 11) is 0. The molecule has 0 saturated heterocycles. The van der Waals surface area contributed by atoms with Crippen LogP contribution in [-0.4, -0.2) is 16.7 Å². The molecular weight excluding hydrogens is 160 g/mol. The lowest BCUT2D eigenvalue weighted by atomic mass is 10.1. The molecule has 0 amide bonds. The van der Waals surface area contributed by atoms with E-state index in [9.17, 15) is 4.79 Å². The molecule has 1 aliphatic heterocycles. The summed E-state index contributed by atoms with van der Waals surface area (Å²) >= 11 is 0. The van der Waals surface area contributed by atoms with E-state index in [1.807, 2.05) is 0 Å². The van der Waals surface area contributed by atoms with Crippen molar-refractivity contribution in [3.05, 3.63) is 24.5 Å². The number of hydroxylamine groups is 1. The van der Waals surface area contributed by atoms with Gasteiger partial charge in [0.25, 0.3) is 0 Å². The summed E-state index contributed by atoms with van der Waals surface area (Å²) in [5.74, 6) is -1.32. The van der Waals surface area contributed by atoms with E-state index in [1.54, 1.807) is 6.08 Å². The first-order valence-electron chi connectivity index (χ1n) is 3.37. The molecule has 0 fully saturated rings. The van der Waals surface area contributed by atoms with Crippen LogP contribution in [0.25, 0.3) is 0 Å². The van der Waals surface area contributed by atoms with Gasteiger partial charge >= 0.3 is 5.97 Å². The normalized spacial score (nSPS) is 27.6. The highest BCUT2D eigenvalue weighted by Crippen LogP contribution is 2.16. The summed E-state index contributed by atoms with van der Waals surface area (Å²) in [4.78, 5) is 15.0. The van der Waals surface area contributed by atoms with Crippen LogP contribution in [0.1, 0.15) is 6.42 Å². The maximum absolute atomic E-state index is 10.4. The second-order valence-corrected chi connectivity index (χ2v) is 2.55. The molecular formula is C7H10N2O3. The van der Waals surface area contributed by atoms with E-state index in [-0.39, 0.29) is 5.76 Å². The third kappa shape index (κ3) is 1.63. The summed E-state index contributed by atoms with van der Waals surface area (Å²) in [6.45, 7) is 3.49. The number of nitrogens with two attached hydrogens (primary N) is 1. The first-order chi connectivity index (χ1) is 5.57. The molecule has 4 N–H and O–H groups in total. The number of rotatable bonds is 3. The molecule has 1 unspecified atom stereocenters. The van der Waals surface area contributed by atoms with Crippen LogP contribution in [0.5, 0.6) is 0 Å². The molecule has 5 nitrogen and oxygen atoms in total. The van der Waals surface area contributed by atoms with Gasteiger partial charge in [-0.15, -0.1) is 12.1 Å². The van der Waals surface area contributed by atoms with Crippen LogP contribution in [0.3, 0.4) is 0 Å². The minimum absolute atomic E-state index is 0.181. The fraction of sp³-hybridized carbons (Fsp3) is 0.286. The Balaban J connectivity index is 2.74. The van der Waals surface area contributed by atoms with Gasteiger partial charge in [-0.1, -0.05) is 6.08 Å². The van der Waals surface area contributed by atoms with E-state index in [2.05, 4.69) is 16.9 Å². The van der Waals surface area contributed by atoms with Gasteiger partial charge in [-0.05, 0) is 0 Å². The van der Waals surface area contributed by atoms with Crippen LogP contribution in [0.2, 0.25) is 0 Å². The minimum atomic E-state index is -1.14. The van der Waals surface area contributed by atoms with Crippen molar-refractivity contribution in [2.24, 2.45) is 5.73 Å². The first kappa shape index (κ1) is 8.76. The zero-order chi connectivity index (χ0) is 9.19. The van der Waals surface area contributed by atoms with Gasteiger partial charge in [-0.25, -0.2) is 4.79 Å². The predicted octanol–water partition coefficient (Wildman–Crippen LogP) is -0.279. The molecule has 1 rings (SSSR count). The van der Waals surface area contributed by atoms with Gasteiger partial charge in [-0.3, -0.25) is 0 Å². The van der Waals surface area contributed by atoms with Crippen LogP contribution in [0, 0.1) is 0 Å². The quantitative estimate of drug-likeness (QED) is 0.507. The number of carbonyl (C=O) groups is 1. The average Bonchev–Trinajstić information content (AvgIpc) is 2.33. The summed E-state index contributed by atoms with van der Waals surface area (Å²) in [6.07, 6.45) is 3.30. The lowest BCUT2D eigenvalue weighted by molar-refractivity contribution is -0.137. The molecule has 0 aromatic rings.